The van der Waals surface area contributed by atoms with E-state index in [1.54, 1.807) is 0 Å². The third-order valence-corrected chi connectivity index (χ3v) is 2.29. The van der Waals surface area contributed by atoms with Crippen molar-refractivity contribution in [2.45, 2.75) is 13.3 Å². The van der Waals surface area contributed by atoms with Crippen LogP contribution in [0.4, 0.5) is 0 Å². The van der Waals surface area contributed by atoms with E-state index in [1.165, 1.54) is 0 Å². The number of rotatable bonds is 2. The molecule has 1 aromatic carbocycles. The van der Waals surface area contributed by atoms with Crippen LogP contribution in [-0.2, 0) is 6.42 Å². The van der Waals surface area contributed by atoms with Gasteiger partial charge in [0.15, 0.2) is 5.69 Å². The first-order valence-corrected chi connectivity index (χ1v) is 4.89. The van der Waals surface area contributed by atoms with Gasteiger partial charge in [0.2, 0.25) is 0 Å². The Morgan fingerprint density at radius 2 is 2.07 bits per heavy atom. The van der Waals surface area contributed by atoms with Crippen molar-refractivity contribution < 1.29 is 0 Å². The van der Waals surface area contributed by atoms with Gasteiger partial charge < -0.3 is 4.98 Å². The second-order valence-corrected chi connectivity index (χ2v) is 3.24. The molecule has 0 fully saturated rings. The number of aryl methyl sites for hydroxylation is 1. The molecule has 1 heterocycles. The fourth-order valence-electron chi connectivity index (χ4n) is 1.49. The molecule has 0 aliphatic rings. The maximum atomic E-state index is 8.88. The van der Waals surface area contributed by atoms with Crippen molar-refractivity contribution in [2.24, 2.45) is 0 Å². The molecule has 3 heteroatoms. The van der Waals surface area contributed by atoms with Crippen LogP contribution in [0.5, 0.6) is 0 Å². The van der Waals surface area contributed by atoms with Crippen LogP contribution in [0.2, 0.25) is 0 Å². The molecule has 2 rings (SSSR count). The Labute approximate surface area is 88.4 Å². The minimum atomic E-state index is 0.497. The molecule has 74 valence electrons. The maximum Gasteiger partial charge on any atom is 0.162 e. The average Bonchev–Trinajstić information content (AvgIpc) is 2.73. The van der Waals surface area contributed by atoms with E-state index in [0.29, 0.717) is 5.69 Å². The summed E-state index contributed by atoms with van der Waals surface area (Å²) in [5.41, 5.74) is 2.40. The van der Waals surface area contributed by atoms with E-state index >= 15 is 0 Å². The lowest BCUT2D eigenvalue weighted by molar-refractivity contribution is 1.06. The van der Waals surface area contributed by atoms with E-state index in [2.05, 4.69) is 16.0 Å². The second kappa shape index (κ2) is 3.97. The predicted octanol–water partition coefficient (Wildman–Crippen LogP) is 2.51. The summed E-state index contributed by atoms with van der Waals surface area (Å²) in [5, 5.41) is 8.88. The van der Waals surface area contributed by atoms with Crippen molar-refractivity contribution in [2.75, 3.05) is 0 Å². The molecule has 2 aromatic rings. The van der Waals surface area contributed by atoms with Gasteiger partial charge in [-0.2, -0.15) is 5.26 Å². The van der Waals surface area contributed by atoms with Crippen molar-refractivity contribution in [3.05, 3.63) is 41.7 Å². The normalized spacial score (nSPS) is 9.87. The minimum Gasteiger partial charge on any atom is -0.341 e. The third kappa shape index (κ3) is 1.75. The number of nitriles is 1. The van der Waals surface area contributed by atoms with Gasteiger partial charge in [0.05, 0.1) is 5.69 Å². The lowest BCUT2D eigenvalue weighted by atomic mass is 10.2. The highest BCUT2D eigenvalue weighted by Gasteiger charge is 2.08. The van der Waals surface area contributed by atoms with E-state index in [9.17, 15) is 0 Å². The molecule has 3 nitrogen and oxygen atoms in total. The Morgan fingerprint density at radius 3 is 2.60 bits per heavy atom. The summed E-state index contributed by atoms with van der Waals surface area (Å²) < 4.78 is 0. The number of aromatic nitrogens is 2. The number of hydrogen-bond donors (Lipinski definition) is 1. The first-order valence-electron chi connectivity index (χ1n) is 4.89. The molecule has 0 radical (unpaired) electrons. The molecule has 0 spiro atoms. The van der Waals surface area contributed by atoms with Crippen LogP contribution in [0.3, 0.4) is 0 Å². The summed E-state index contributed by atoms with van der Waals surface area (Å²) >= 11 is 0. The van der Waals surface area contributed by atoms with Gasteiger partial charge in [0.25, 0.3) is 0 Å². The number of imidazole rings is 1. The van der Waals surface area contributed by atoms with Gasteiger partial charge in [-0.05, 0) is 6.42 Å². The Kier molecular flexibility index (Phi) is 2.51. The van der Waals surface area contributed by atoms with Crippen LogP contribution in [0, 0.1) is 11.3 Å². The van der Waals surface area contributed by atoms with Crippen LogP contribution in [0.15, 0.2) is 30.3 Å². The number of nitrogens with one attached hydrogen (secondary N) is 1. The van der Waals surface area contributed by atoms with Crippen LogP contribution >= 0.6 is 0 Å². The molecule has 1 N–H and O–H groups in total. The van der Waals surface area contributed by atoms with Gasteiger partial charge in [-0.25, -0.2) is 4.98 Å². The van der Waals surface area contributed by atoms with Crippen molar-refractivity contribution in [3.63, 3.8) is 0 Å². The molecule has 0 amide bonds. The van der Waals surface area contributed by atoms with E-state index in [4.69, 9.17) is 5.26 Å². The first-order chi connectivity index (χ1) is 7.35. The Hall–Kier alpha value is -2.08. The standard InChI is InChI=1S/C12H11N3/c1-2-10-11(8-13)15-12(14-10)9-6-4-3-5-7-9/h3-7H,2H2,1H3,(H,14,15). The molecule has 0 saturated carbocycles. The quantitative estimate of drug-likeness (QED) is 0.804. The summed E-state index contributed by atoms with van der Waals surface area (Å²) in [7, 11) is 0. The fourth-order valence-corrected chi connectivity index (χ4v) is 1.49. The molecular weight excluding hydrogens is 186 g/mol. The lowest BCUT2D eigenvalue weighted by Gasteiger charge is -1.94. The molecule has 15 heavy (non-hydrogen) atoms. The third-order valence-electron chi connectivity index (χ3n) is 2.29. The highest BCUT2D eigenvalue weighted by Crippen LogP contribution is 2.17. The van der Waals surface area contributed by atoms with E-state index in [0.717, 1.165) is 23.5 Å². The van der Waals surface area contributed by atoms with Crippen molar-refractivity contribution in [1.82, 2.24) is 9.97 Å². The minimum absolute atomic E-state index is 0.497. The Balaban J connectivity index is 2.48. The number of benzene rings is 1. The molecule has 0 saturated heterocycles. The fraction of sp³-hybridized carbons (Fsp3) is 0.167. The zero-order valence-electron chi connectivity index (χ0n) is 8.49. The van der Waals surface area contributed by atoms with Gasteiger partial charge in [0, 0.05) is 5.56 Å². The van der Waals surface area contributed by atoms with Gasteiger partial charge in [-0.1, -0.05) is 37.3 Å². The SMILES string of the molecule is CCc1[nH]c(-c2ccccc2)nc1C#N. The van der Waals surface area contributed by atoms with E-state index < -0.39 is 0 Å². The maximum absolute atomic E-state index is 8.88. The summed E-state index contributed by atoms with van der Waals surface area (Å²) in [6.07, 6.45) is 0.794. The summed E-state index contributed by atoms with van der Waals surface area (Å²) in [6.45, 7) is 2.00. The predicted molar refractivity (Wildman–Crippen MR) is 58.1 cm³/mol. The smallest absolute Gasteiger partial charge is 0.162 e. The molecule has 0 atom stereocenters. The average molecular weight is 197 g/mol. The summed E-state index contributed by atoms with van der Waals surface area (Å²) in [4.78, 5) is 7.42. The van der Waals surface area contributed by atoms with Crippen LogP contribution in [0.1, 0.15) is 18.3 Å². The highest BCUT2D eigenvalue weighted by atomic mass is 14.9. The van der Waals surface area contributed by atoms with Gasteiger partial charge in [-0.3, -0.25) is 0 Å². The molecule has 0 aliphatic carbocycles. The molecular formula is C12H11N3. The zero-order valence-corrected chi connectivity index (χ0v) is 8.49. The van der Waals surface area contributed by atoms with Crippen LogP contribution < -0.4 is 0 Å². The first kappa shape index (κ1) is 9.47. The summed E-state index contributed by atoms with van der Waals surface area (Å²) in [5.74, 6) is 0.768. The molecule has 0 aliphatic heterocycles. The zero-order chi connectivity index (χ0) is 10.7. The largest absolute Gasteiger partial charge is 0.341 e. The van der Waals surface area contributed by atoms with Crippen LogP contribution in [-0.4, -0.2) is 9.97 Å². The monoisotopic (exact) mass is 197 g/mol. The number of aromatic amines is 1. The topological polar surface area (TPSA) is 52.5 Å². The Bertz CT molecular complexity index is 491. The van der Waals surface area contributed by atoms with Crippen molar-refractivity contribution in [3.8, 4) is 17.5 Å². The van der Waals surface area contributed by atoms with E-state index in [1.807, 2.05) is 37.3 Å². The number of H-pyrrole nitrogens is 1. The number of hydrogen-bond acceptors (Lipinski definition) is 2. The van der Waals surface area contributed by atoms with E-state index in [-0.39, 0.29) is 0 Å². The van der Waals surface area contributed by atoms with Gasteiger partial charge in [-0.15, -0.1) is 0 Å². The van der Waals surface area contributed by atoms with Gasteiger partial charge in [0.1, 0.15) is 11.9 Å². The van der Waals surface area contributed by atoms with Crippen molar-refractivity contribution >= 4 is 0 Å². The number of nitrogens with zero attached hydrogens (tertiary/aromatic N) is 2. The van der Waals surface area contributed by atoms with Crippen molar-refractivity contribution in [1.29, 1.82) is 5.26 Å². The second-order valence-electron chi connectivity index (χ2n) is 3.24. The summed E-state index contributed by atoms with van der Waals surface area (Å²) in [6, 6.07) is 11.9. The molecule has 0 bridgehead atoms. The molecule has 1 aromatic heterocycles. The molecule has 0 unspecified atom stereocenters. The lowest BCUT2D eigenvalue weighted by Crippen LogP contribution is -1.83. The van der Waals surface area contributed by atoms with Gasteiger partial charge >= 0.3 is 0 Å². The Morgan fingerprint density at radius 1 is 1.33 bits per heavy atom. The highest BCUT2D eigenvalue weighted by molar-refractivity contribution is 5.56. The van der Waals surface area contributed by atoms with Crippen LogP contribution in [0.25, 0.3) is 11.4 Å².